The van der Waals surface area contributed by atoms with Gasteiger partial charge in [-0.25, -0.2) is 4.39 Å². The topological polar surface area (TPSA) is 20.3 Å². The number of hydrogen-bond acceptors (Lipinski definition) is 1. The summed E-state index contributed by atoms with van der Waals surface area (Å²) >= 11 is 3.05. The first-order chi connectivity index (χ1) is 8.78. The predicted molar refractivity (Wildman–Crippen MR) is 64.2 cm³/mol. The van der Waals surface area contributed by atoms with Crippen LogP contribution in [0.3, 0.4) is 0 Å². The summed E-state index contributed by atoms with van der Waals surface area (Å²) in [6.45, 7) is -1.31. The molecule has 1 fully saturated rings. The van der Waals surface area contributed by atoms with Crippen LogP contribution in [-0.4, -0.2) is 29.6 Å². The molecular weight excluding hydrogens is 330 g/mol. The molecule has 0 unspecified atom stereocenters. The third-order valence-corrected chi connectivity index (χ3v) is 3.45. The SMILES string of the molecule is O=C(c1cc(F)ccc1Br)N(CC(F)(F)F)C1CC1. The number of nitrogens with zero attached hydrogens (tertiary/aromatic N) is 1. The Morgan fingerprint density at radius 2 is 2.00 bits per heavy atom. The van der Waals surface area contributed by atoms with Crippen LogP contribution in [0.15, 0.2) is 22.7 Å². The lowest BCUT2D eigenvalue weighted by Crippen LogP contribution is -2.40. The van der Waals surface area contributed by atoms with Gasteiger partial charge in [0.15, 0.2) is 0 Å². The molecule has 104 valence electrons. The maximum Gasteiger partial charge on any atom is 0.406 e. The molecule has 0 atom stereocenters. The van der Waals surface area contributed by atoms with Gasteiger partial charge in [0.2, 0.25) is 0 Å². The molecule has 0 saturated heterocycles. The highest BCUT2D eigenvalue weighted by Gasteiger charge is 2.41. The monoisotopic (exact) mass is 339 g/mol. The zero-order valence-electron chi connectivity index (χ0n) is 9.68. The van der Waals surface area contributed by atoms with E-state index >= 15 is 0 Å². The Bertz CT molecular complexity index is 499. The Hall–Kier alpha value is -1.11. The molecule has 0 N–H and O–H groups in total. The zero-order valence-corrected chi connectivity index (χ0v) is 11.3. The molecule has 0 bridgehead atoms. The number of carbonyl (C=O) groups excluding carboxylic acids is 1. The van der Waals surface area contributed by atoms with Crippen LogP contribution in [0.2, 0.25) is 0 Å². The molecule has 1 aliphatic carbocycles. The molecule has 0 aliphatic heterocycles. The fraction of sp³-hybridized carbons (Fsp3) is 0.417. The smallest absolute Gasteiger partial charge is 0.327 e. The lowest BCUT2D eigenvalue weighted by Gasteiger charge is -2.24. The average molecular weight is 340 g/mol. The molecule has 2 rings (SSSR count). The van der Waals surface area contributed by atoms with Crippen LogP contribution >= 0.6 is 15.9 Å². The van der Waals surface area contributed by atoms with Crippen molar-refractivity contribution in [2.24, 2.45) is 0 Å². The van der Waals surface area contributed by atoms with E-state index in [1.165, 1.54) is 6.07 Å². The molecule has 0 aromatic heterocycles. The van der Waals surface area contributed by atoms with E-state index in [1.807, 2.05) is 0 Å². The number of amides is 1. The normalized spacial score (nSPS) is 15.4. The summed E-state index contributed by atoms with van der Waals surface area (Å²) in [6, 6.07) is 2.98. The van der Waals surface area contributed by atoms with Crippen molar-refractivity contribution in [3.8, 4) is 0 Å². The Morgan fingerprint density at radius 1 is 1.37 bits per heavy atom. The van der Waals surface area contributed by atoms with Gasteiger partial charge in [0, 0.05) is 10.5 Å². The van der Waals surface area contributed by atoms with Gasteiger partial charge in [0.25, 0.3) is 5.91 Å². The summed E-state index contributed by atoms with van der Waals surface area (Å²) in [4.78, 5) is 12.9. The van der Waals surface area contributed by atoms with E-state index in [-0.39, 0.29) is 10.0 Å². The Labute approximate surface area is 115 Å². The first kappa shape index (κ1) is 14.3. The van der Waals surface area contributed by atoms with E-state index in [0.29, 0.717) is 12.8 Å². The van der Waals surface area contributed by atoms with Crippen LogP contribution in [0.4, 0.5) is 17.6 Å². The lowest BCUT2D eigenvalue weighted by atomic mass is 10.2. The maximum atomic E-state index is 13.1. The largest absolute Gasteiger partial charge is 0.406 e. The zero-order chi connectivity index (χ0) is 14.2. The fourth-order valence-electron chi connectivity index (χ4n) is 1.76. The third kappa shape index (κ3) is 3.68. The first-order valence-electron chi connectivity index (χ1n) is 5.61. The lowest BCUT2D eigenvalue weighted by molar-refractivity contribution is -0.141. The third-order valence-electron chi connectivity index (χ3n) is 2.76. The van der Waals surface area contributed by atoms with Crippen LogP contribution in [-0.2, 0) is 0 Å². The van der Waals surface area contributed by atoms with Crippen LogP contribution < -0.4 is 0 Å². The summed E-state index contributed by atoms with van der Waals surface area (Å²) in [5.74, 6) is -1.46. The van der Waals surface area contributed by atoms with Crippen molar-refractivity contribution in [1.82, 2.24) is 4.90 Å². The second kappa shape index (κ2) is 5.11. The molecule has 1 aliphatic rings. The van der Waals surface area contributed by atoms with Crippen molar-refractivity contribution in [2.75, 3.05) is 6.54 Å². The van der Waals surface area contributed by atoms with E-state index in [1.54, 1.807) is 0 Å². The molecule has 1 aromatic carbocycles. The highest BCUT2D eigenvalue weighted by atomic mass is 79.9. The van der Waals surface area contributed by atoms with Gasteiger partial charge in [-0.15, -0.1) is 0 Å². The van der Waals surface area contributed by atoms with E-state index in [2.05, 4.69) is 15.9 Å². The Morgan fingerprint density at radius 3 is 2.53 bits per heavy atom. The fourth-order valence-corrected chi connectivity index (χ4v) is 2.18. The van der Waals surface area contributed by atoms with Crippen molar-refractivity contribution >= 4 is 21.8 Å². The number of rotatable bonds is 3. The molecule has 1 amide bonds. The van der Waals surface area contributed by atoms with Gasteiger partial charge in [0.05, 0.1) is 5.56 Å². The molecule has 1 aromatic rings. The molecule has 1 saturated carbocycles. The van der Waals surface area contributed by atoms with Crippen molar-refractivity contribution in [2.45, 2.75) is 25.1 Å². The van der Waals surface area contributed by atoms with Crippen molar-refractivity contribution in [3.05, 3.63) is 34.1 Å². The average Bonchev–Trinajstić information content (AvgIpc) is 3.11. The van der Waals surface area contributed by atoms with Gasteiger partial charge >= 0.3 is 6.18 Å². The minimum atomic E-state index is -4.46. The molecule has 2 nitrogen and oxygen atoms in total. The molecule has 0 spiro atoms. The van der Waals surface area contributed by atoms with Crippen LogP contribution in [0.5, 0.6) is 0 Å². The summed E-state index contributed by atoms with van der Waals surface area (Å²) in [5.41, 5.74) is -0.0869. The number of halogens is 5. The molecule has 0 heterocycles. The highest BCUT2D eigenvalue weighted by Crippen LogP contribution is 2.32. The van der Waals surface area contributed by atoms with Crippen LogP contribution in [0.1, 0.15) is 23.2 Å². The number of carbonyl (C=O) groups is 1. The predicted octanol–water partition coefficient (Wildman–Crippen LogP) is 3.76. The van der Waals surface area contributed by atoms with E-state index in [9.17, 15) is 22.4 Å². The summed E-state index contributed by atoms with van der Waals surface area (Å²) in [7, 11) is 0. The van der Waals surface area contributed by atoms with E-state index in [0.717, 1.165) is 17.0 Å². The van der Waals surface area contributed by atoms with Crippen molar-refractivity contribution in [1.29, 1.82) is 0 Å². The second-order valence-corrected chi connectivity index (χ2v) is 5.26. The molecule has 0 radical (unpaired) electrons. The van der Waals surface area contributed by atoms with Gasteiger partial charge in [-0.2, -0.15) is 13.2 Å². The highest BCUT2D eigenvalue weighted by molar-refractivity contribution is 9.10. The summed E-state index contributed by atoms with van der Waals surface area (Å²) in [6.07, 6.45) is -3.36. The van der Waals surface area contributed by atoms with Crippen LogP contribution in [0.25, 0.3) is 0 Å². The van der Waals surface area contributed by atoms with Crippen molar-refractivity contribution in [3.63, 3.8) is 0 Å². The van der Waals surface area contributed by atoms with E-state index in [4.69, 9.17) is 0 Å². The maximum absolute atomic E-state index is 13.1. The Kier molecular flexibility index (Phi) is 3.85. The molecule has 19 heavy (non-hydrogen) atoms. The van der Waals surface area contributed by atoms with Gasteiger partial charge < -0.3 is 4.90 Å². The minimum absolute atomic E-state index is 0.0869. The van der Waals surface area contributed by atoms with Gasteiger partial charge in [-0.05, 0) is 47.0 Å². The number of benzene rings is 1. The summed E-state index contributed by atoms with van der Waals surface area (Å²) in [5, 5.41) is 0. The first-order valence-corrected chi connectivity index (χ1v) is 6.40. The number of alkyl halides is 3. The standard InChI is InChI=1S/C12H10BrF4NO/c13-10-4-1-7(14)5-9(10)11(19)18(8-2-3-8)6-12(15,16)17/h1,4-5,8H,2-3,6H2. The summed E-state index contributed by atoms with van der Waals surface area (Å²) < 4.78 is 50.8. The molecular formula is C12H10BrF4NO. The van der Waals surface area contributed by atoms with Gasteiger partial charge in [-0.1, -0.05) is 0 Å². The van der Waals surface area contributed by atoms with Gasteiger partial charge in [0.1, 0.15) is 12.4 Å². The van der Waals surface area contributed by atoms with Crippen molar-refractivity contribution < 1.29 is 22.4 Å². The second-order valence-electron chi connectivity index (χ2n) is 4.40. The van der Waals surface area contributed by atoms with E-state index < -0.39 is 30.5 Å². The minimum Gasteiger partial charge on any atom is -0.327 e. The molecule has 7 heteroatoms. The van der Waals surface area contributed by atoms with Crippen LogP contribution in [0, 0.1) is 5.82 Å². The van der Waals surface area contributed by atoms with Gasteiger partial charge in [-0.3, -0.25) is 4.79 Å². The Balaban J connectivity index is 2.26. The number of hydrogen-bond donors (Lipinski definition) is 0. The quantitative estimate of drug-likeness (QED) is 0.768.